The van der Waals surface area contributed by atoms with Gasteiger partial charge in [-0.25, -0.2) is 9.78 Å². The zero-order chi connectivity index (χ0) is 16.9. The van der Waals surface area contributed by atoms with E-state index in [0.29, 0.717) is 17.1 Å². The van der Waals surface area contributed by atoms with Crippen molar-refractivity contribution in [3.63, 3.8) is 0 Å². The molecular weight excluding hydrogens is 322 g/mol. The number of carbonyl (C=O) groups is 1. The Hall–Kier alpha value is -2.86. The van der Waals surface area contributed by atoms with Crippen LogP contribution in [-0.4, -0.2) is 18.1 Å². The highest BCUT2D eigenvalue weighted by Gasteiger charge is 2.05. The number of methoxy groups -OCH3 is 1. The van der Waals surface area contributed by atoms with Crippen molar-refractivity contribution in [2.45, 2.75) is 6.92 Å². The quantitative estimate of drug-likeness (QED) is 0.719. The van der Waals surface area contributed by atoms with E-state index in [4.69, 9.17) is 4.74 Å². The molecule has 1 aromatic heterocycles. The number of urea groups is 1. The average molecular weight is 339 g/mol. The van der Waals surface area contributed by atoms with E-state index in [-0.39, 0.29) is 6.03 Å². The highest BCUT2D eigenvalue weighted by molar-refractivity contribution is 7.09. The van der Waals surface area contributed by atoms with Crippen LogP contribution in [0.4, 0.5) is 16.2 Å². The Labute approximate surface area is 144 Å². The summed E-state index contributed by atoms with van der Waals surface area (Å²) < 4.78 is 5.13. The van der Waals surface area contributed by atoms with Crippen LogP contribution in [0.2, 0.25) is 0 Å². The third-order valence-electron chi connectivity index (χ3n) is 3.39. The second-order valence-electron chi connectivity index (χ2n) is 5.14. The summed E-state index contributed by atoms with van der Waals surface area (Å²) in [5.74, 6) is 0.690. The number of hydrogen-bond donors (Lipinski definition) is 2. The fraction of sp³-hybridized carbons (Fsp3) is 0.111. The number of aromatic nitrogens is 1. The number of benzene rings is 2. The van der Waals surface area contributed by atoms with Gasteiger partial charge in [-0.1, -0.05) is 18.2 Å². The number of hydrogen-bond acceptors (Lipinski definition) is 4. The van der Waals surface area contributed by atoms with Gasteiger partial charge in [0.2, 0.25) is 0 Å². The van der Waals surface area contributed by atoms with Crippen molar-refractivity contribution in [3.05, 3.63) is 58.9 Å². The fourth-order valence-electron chi connectivity index (χ4n) is 2.21. The van der Waals surface area contributed by atoms with Gasteiger partial charge in [-0.05, 0) is 31.2 Å². The first-order valence-corrected chi connectivity index (χ1v) is 8.26. The first-order valence-electron chi connectivity index (χ1n) is 7.38. The first-order chi connectivity index (χ1) is 11.6. The summed E-state index contributed by atoms with van der Waals surface area (Å²) in [6.07, 6.45) is 0. The van der Waals surface area contributed by atoms with Gasteiger partial charge in [-0.3, -0.25) is 0 Å². The molecule has 0 saturated heterocycles. The summed E-state index contributed by atoms with van der Waals surface area (Å²) in [6.45, 7) is 1.98. The molecule has 0 bridgehead atoms. The van der Waals surface area contributed by atoms with Crippen molar-refractivity contribution < 1.29 is 9.53 Å². The number of thiazole rings is 1. The molecule has 24 heavy (non-hydrogen) atoms. The summed E-state index contributed by atoms with van der Waals surface area (Å²) in [5.41, 5.74) is 3.36. The zero-order valence-electron chi connectivity index (χ0n) is 13.4. The molecule has 2 N–H and O–H groups in total. The molecular formula is C18H17N3O2S. The van der Waals surface area contributed by atoms with Crippen molar-refractivity contribution in [3.8, 4) is 17.0 Å². The molecule has 0 aliphatic carbocycles. The predicted octanol–water partition coefficient (Wildman–Crippen LogP) is 4.77. The molecule has 3 aromatic rings. The van der Waals surface area contributed by atoms with Crippen LogP contribution in [0.3, 0.4) is 0 Å². The van der Waals surface area contributed by atoms with E-state index in [1.54, 1.807) is 30.6 Å². The predicted molar refractivity (Wildman–Crippen MR) is 97.9 cm³/mol. The minimum absolute atomic E-state index is 0.305. The van der Waals surface area contributed by atoms with Crippen LogP contribution in [-0.2, 0) is 0 Å². The molecule has 0 saturated carbocycles. The summed E-state index contributed by atoms with van der Waals surface area (Å²) in [4.78, 5) is 16.5. The van der Waals surface area contributed by atoms with Gasteiger partial charge in [0, 0.05) is 28.4 Å². The van der Waals surface area contributed by atoms with Crippen molar-refractivity contribution in [2.75, 3.05) is 17.7 Å². The number of rotatable bonds is 4. The minimum Gasteiger partial charge on any atom is -0.497 e. The molecule has 0 aliphatic heterocycles. The van der Waals surface area contributed by atoms with Crippen LogP contribution < -0.4 is 15.4 Å². The summed E-state index contributed by atoms with van der Waals surface area (Å²) >= 11 is 1.62. The van der Waals surface area contributed by atoms with Crippen molar-refractivity contribution in [1.29, 1.82) is 0 Å². The van der Waals surface area contributed by atoms with Crippen LogP contribution in [0.15, 0.2) is 53.9 Å². The lowest BCUT2D eigenvalue weighted by atomic mass is 10.1. The minimum atomic E-state index is -0.305. The Kier molecular flexibility index (Phi) is 4.77. The molecule has 5 nitrogen and oxygen atoms in total. The van der Waals surface area contributed by atoms with Crippen LogP contribution in [0.1, 0.15) is 5.01 Å². The lowest BCUT2D eigenvalue weighted by Gasteiger charge is -2.09. The Morgan fingerprint density at radius 2 is 1.83 bits per heavy atom. The highest BCUT2D eigenvalue weighted by Crippen LogP contribution is 2.23. The molecule has 3 rings (SSSR count). The normalized spacial score (nSPS) is 10.2. The van der Waals surface area contributed by atoms with E-state index in [1.807, 2.05) is 48.7 Å². The van der Waals surface area contributed by atoms with Crippen LogP contribution in [0.25, 0.3) is 11.3 Å². The number of carbonyl (C=O) groups excluding carboxylic acids is 1. The van der Waals surface area contributed by atoms with Gasteiger partial charge >= 0.3 is 6.03 Å². The third kappa shape index (κ3) is 3.91. The molecule has 0 spiro atoms. The van der Waals surface area contributed by atoms with E-state index in [0.717, 1.165) is 16.3 Å². The molecule has 2 aromatic carbocycles. The molecule has 0 fully saturated rings. The largest absolute Gasteiger partial charge is 0.497 e. The Morgan fingerprint density at radius 3 is 2.50 bits per heavy atom. The second-order valence-corrected chi connectivity index (χ2v) is 6.20. The number of aryl methyl sites for hydroxylation is 1. The maximum absolute atomic E-state index is 12.1. The van der Waals surface area contributed by atoms with E-state index in [9.17, 15) is 4.79 Å². The van der Waals surface area contributed by atoms with Crippen LogP contribution >= 0.6 is 11.3 Å². The Bertz CT molecular complexity index is 843. The van der Waals surface area contributed by atoms with Crippen molar-refractivity contribution >= 4 is 28.7 Å². The van der Waals surface area contributed by atoms with Gasteiger partial charge in [0.1, 0.15) is 5.75 Å². The third-order valence-corrected chi connectivity index (χ3v) is 4.16. The van der Waals surface area contributed by atoms with Gasteiger partial charge in [-0.15, -0.1) is 11.3 Å². The molecule has 2 amide bonds. The second kappa shape index (κ2) is 7.14. The summed E-state index contributed by atoms with van der Waals surface area (Å²) in [6, 6.07) is 14.5. The van der Waals surface area contributed by atoms with Gasteiger partial charge in [0.25, 0.3) is 0 Å². The van der Waals surface area contributed by atoms with E-state index in [2.05, 4.69) is 15.6 Å². The summed E-state index contributed by atoms with van der Waals surface area (Å²) in [5, 5.41) is 8.63. The topological polar surface area (TPSA) is 63.2 Å². The number of ether oxygens (including phenoxy) is 1. The van der Waals surface area contributed by atoms with Crippen LogP contribution in [0.5, 0.6) is 5.75 Å². The lowest BCUT2D eigenvalue weighted by Crippen LogP contribution is -2.19. The standard InChI is InChI=1S/C18H17N3O2S/c1-12-19-17(11-24-12)13-6-8-14(9-7-13)20-18(22)21-15-4-3-5-16(10-15)23-2/h3-11H,1-2H3,(H2,20,21,22). The molecule has 0 unspecified atom stereocenters. The maximum atomic E-state index is 12.1. The van der Waals surface area contributed by atoms with Gasteiger partial charge in [0.15, 0.2) is 0 Å². The average Bonchev–Trinajstić information content (AvgIpc) is 3.02. The van der Waals surface area contributed by atoms with Crippen molar-refractivity contribution in [1.82, 2.24) is 4.98 Å². The van der Waals surface area contributed by atoms with E-state index < -0.39 is 0 Å². The van der Waals surface area contributed by atoms with E-state index in [1.165, 1.54) is 0 Å². The molecule has 0 aliphatic rings. The first kappa shape index (κ1) is 16.0. The molecule has 6 heteroatoms. The Morgan fingerprint density at radius 1 is 1.08 bits per heavy atom. The number of anilines is 2. The van der Waals surface area contributed by atoms with Gasteiger partial charge in [-0.2, -0.15) is 0 Å². The zero-order valence-corrected chi connectivity index (χ0v) is 14.2. The smallest absolute Gasteiger partial charge is 0.323 e. The van der Waals surface area contributed by atoms with Crippen molar-refractivity contribution in [2.24, 2.45) is 0 Å². The van der Waals surface area contributed by atoms with Gasteiger partial charge in [0.05, 0.1) is 17.8 Å². The molecule has 0 atom stereocenters. The number of nitrogens with one attached hydrogen (secondary N) is 2. The lowest BCUT2D eigenvalue weighted by molar-refractivity contribution is 0.262. The molecule has 122 valence electrons. The Balaban J connectivity index is 1.64. The van der Waals surface area contributed by atoms with E-state index >= 15 is 0 Å². The highest BCUT2D eigenvalue weighted by atomic mass is 32.1. The SMILES string of the molecule is COc1cccc(NC(=O)Nc2ccc(-c3csc(C)n3)cc2)c1. The van der Waals surface area contributed by atoms with Crippen LogP contribution in [0, 0.1) is 6.92 Å². The number of nitrogens with zero attached hydrogens (tertiary/aromatic N) is 1. The maximum Gasteiger partial charge on any atom is 0.323 e. The number of amides is 2. The van der Waals surface area contributed by atoms with Gasteiger partial charge < -0.3 is 15.4 Å². The summed E-state index contributed by atoms with van der Waals surface area (Å²) in [7, 11) is 1.59. The molecule has 1 heterocycles. The fourth-order valence-corrected chi connectivity index (χ4v) is 2.84. The molecule has 0 radical (unpaired) electrons. The monoisotopic (exact) mass is 339 g/mol.